The highest BCUT2D eigenvalue weighted by molar-refractivity contribution is 4.71. The van der Waals surface area contributed by atoms with Crippen LogP contribution in [-0.2, 0) is 0 Å². The molecule has 0 aliphatic carbocycles. The maximum atomic E-state index is 3.32. The zero-order chi connectivity index (χ0) is 6.69. The largest absolute Gasteiger partial charge is 0.290 e. The third kappa shape index (κ3) is 1.64. The predicted octanol–water partition coefficient (Wildman–Crippen LogP) is -0.585. The van der Waals surface area contributed by atoms with Crippen molar-refractivity contribution in [3.05, 3.63) is 0 Å². The Morgan fingerprint density at radius 3 is 3.00 bits per heavy atom. The lowest BCUT2D eigenvalue weighted by molar-refractivity contribution is 0.251. The van der Waals surface area contributed by atoms with Gasteiger partial charge in [0.05, 0.1) is 0 Å². The summed E-state index contributed by atoms with van der Waals surface area (Å²) < 4.78 is 0. The number of hydrogen-bond donors (Lipinski definition) is 2. The van der Waals surface area contributed by atoms with Gasteiger partial charge in [0.2, 0.25) is 0 Å². The summed E-state index contributed by atoms with van der Waals surface area (Å²) in [5, 5.41) is 6.63. The average molecular weight is 129 g/mol. The van der Waals surface area contributed by atoms with E-state index in [-0.39, 0.29) is 0 Å². The van der Waals surface area contributed by atoms with Gasteiger partial charge in [0.1, 0.15) is 6.29 Å². The Morgan fingerprint density at radius 2 is 2.56 bits per heavy atom. The van der Waals surface area contributed by atoms with Gasteiger partial charge >= 0.3 is 0 Å². The Hall–Kier alpha value is -0.120. The molecule has 1 unspecified atom stereocenters. The van der Waals surface area contributed by atoms with Gasteiger partial charge in [-0.05, 0) is 13.6 Å². The van der Waals surface area contributed by atoms with Crippen molar-refractivity contribution in [3.8, 4) is 0 Å². The smallest absolute Gasteiger partial charge is 0.114 e. The Labute approximate surface area is 56.4 Å². The molecule has 1 fully saturated rings. The molecule has 3 nitrogen and oxygen atoms in total. The normalized spacial score (nSPS) is 29.3. The summed E-state index contributed by atoms with van der Waals surface area (Å²) in [6.45, 7) is 5.40. The van der Waals surface area contributed by atoms with E-state index in [1.807, 2.05) is 0 Å². The molecule has 0 radical (unpaired) electrons. The monoisotopic (exact) mass is 129 g/mol. The lowest BCUT2D eigenvalue weighted by atomic mass is 10.6. The molecule has 0 aromatic heterocycles. The van der Waals surface area contributed by atoms with E-state index in [1.165, 1.54) is 0 Å². The van der Waals surface area contributed by atoms with Crippen molar-refractivity contribution in [3.63, 3.8) is 0 Å². The molecule has 1 heterocycles. The van der Waals surface area contributed by atoms with Crippen LogP contribution in [0.1, 0.15) is 6.92 Å². The van der Waals surface area contributed by atoms with Gasteiger partial charge in [-0.25, -0.2) is 0 Å². The van der Waals surface area contributed by atoms with Crippen molar-refractivity contribution in [1.29, 1.82) is 0 Å². The van der Waals surface area contributed by atoms with Crippen LogP contribution in [-0.4, -0.2) is 37.9 Å². The van der Waals surface area contributed by atoms with Crippen LogP contribution in [0.15, 0.2) is 0 Å². The Kier molecular flexibility index (Phi) is 2.45. The van der Waals surface area contributed by atoms with Crippen LogP contribution in [0.4, 0.5) is 0 Å². The van der Waals surface area contributed by atoms with Gasteiger partial charge in [0, 0.05) is 13.1 Å². The molecule has 0 aromatic rings. The van der Waals surface area contributed by atoms with E-state index in [9.17, 15) is 0 Å². The third-order valence-corrected chi connectivity index (χ3v) is 1.64. The van der Waals surface area contributed by atoms with Crippen molar-refractivity contribution in [2.24, 2.45) is 0 Å². The van der Waals surface area contributed by atoms with E-state index >= 15 is 0 Å². The number of rotatable bonds is 2. The first-order chi connectivity index (χ1) is 4.34. The maximum absolute atomic E-state index is 3.32. The zero-order valence-electron chi connectivity index (χ0n) is 6.15. The standard InChI is InChI=1S/C6H15N3/c1-3-7-6-8-4-5-9(6)2/h6-8H,3-5H2,1-2H3. The van der Waals surface area contributed by atoms with Crippen LogP contribution in [0.2, 0.25) is 0 Å². The number of nitrogens with one attached hydrogen (secondary N) is 2. The summed E-state index contributed by atoms with van der Waals surface area (Å²) in [5.74, 6) is 0. The SMILES string of the molecule is CCNC1NCCN1C. The quantitative estimate of drug-likeness (QED) is 0.522. The van der Waals surface area contributed by atoms with Gasteiger partial charge in [-0.3, -0.25) is 15.5 Å². The molecule has 1 rings (SSSR count). The van der Waals surface area contributed by atoms with Crippen LogP contribution >= 0.6 is 0 Å². The van der Waals surface area contributed by atoms with Gasteiger partial charge in [-0.1, -0.05) is 6.92 Å². The van der Waals surface area contributed by atoms with Crippen LogP contribution in [0.5, 0.6) is 0 Å². The summed E-state index contributed by atoms with van der Waals surface area (Å²) in [4.78, 5) is 2.27. The fraction of sp³-hybridized carbons (Fsp3) is 1.00. The van der Waals surface area contributed by atoms with E-state index in [0.717, 1.165) is 19.6 Å². The van der Waals surface area contributed by atoms with Crippen LogP contribution < -0.4 is 10.6 Å². The highest BCUT2D eigenvalue weighted by Gasteiger charge is 2.17. The van der Waals surface area contributed by atoms with Crippen LogP contribution in [0.3, 0.4) is 0 Å². The summed E-state index contributed by atoms with van der Waals surface area (Å²) in [6.07, 6.45) is 0.412. The van der Waals surface area contributed by atoms with Crippen molar-refractivity contribution in [1.82, 2.24) is 15.5 Å². The average Bonchev–Trinajstić information content (AvgIpc) is 2.18. The van der Waals surface area contributed by atoms with Gasteiger partial charge in [-0.15, -0.1) is 0 Å². The molecule has 2 N–H and O–H groups in total. The topological polar surface area (TPSA) is 27.3 Å². The Balaban J connectivity index is 2.22. The molecule has 9 heavy (non-hydrogen) atoms. The van der Waals surface area contributed by atoms with E-state index in [2.05, 4.69) is 29.5 Å². The van der Waals surface area contributed by atoms with E-state index < -0.39 is 0 Å². The second-order valence-corrected chi connectivity index (χ2v) is 2.39. The van der Waals surface area contributed by atoms with E-state index in [0.29, 0.717) is 6.29 Å². The summed E-state index contributed by atoms with van der Waals surface area (Å²) in [6, 6.07) is 0. The fourth-order valence-corrected chi connectivity index (χ4v) is 1.08. The molecule has 1 aliphatic rings. The highest BCUT2D eigenvalue weighted by atomic mass is 15.4. The number of nitrogens with zero attached hydrogens (tertiary/aromatic N) is 1. The summed E-state index contributed by atoms with van der Waals surface area (Å²) >= 11 is 0. The minimum Gasteiger partial charge on any atom is -0.290 e. The first kappa shape index (κ1) is 6.99. The first-order valence-electron chi connectivity index (χ1n) is 3.51. The van der Waals surface area contributed by atoms with Crippen molar-refractivity contribution >= 4 is 0 Å². The molecular weight excluding hydrogens is 114 g/mol. The molecule has 0 bridgehead atoms. The van der Waals surface area contributed by atoms with Gasteiger partial charge in [0.15, 0.2) is 0 Å². The molecule has 1 aliphatic heterocycles. The number of likely N-dealkylation sites (N-methyl/N-ethyl adjacent to an activating group) is 1. The molecule has 54 valence electrons. The Morgan fingerprint density at radius 1 is 1.78 bits per heavy atom. The van der Waals surface area contributed by atoms with E-state index in [4.69, 9.17) is 0 Å². The van der Waals surface area contributed by atoms with Gasteiger partial charge in [0.25, 0.3) is 0 Å². The second kappa shape index (κ2) is 3.15. The highest BCUT2D eigenvalue weighted by Crippen LogP contribution is 1.93. The maximum Gasteiger partial charge on any atom is 0.114 e. The lowest BCUT2D eigenvalue weighted by Crippen LogP contribution is -2.45. The molecule has 0 saturated carbocycles. The van der Waals surface area contributed by atoms with Crippen LogP contribution in [0, 0.1) is 0 Å². The molecule has 0 aromatic carbocycles. The molecule has 0 spiro atoms. The summed E-state index contributed by atoms with van der Waals surface area (Å²) in [5.41, 5.74) is 0. The van der Waals surface area contributed by atoms with Crippen molar-refractivity contribution in [2.75, 3.05) is 26.7 Å². The van der Waals surface area contributed by atoms with E-state index in [1.54, 1.807) is 0 Å². The zero-order valence-corrected chi connectivity index (χ0v) is 6.15. The van der Waals surface area contributed by atoms with Crippen molar-refractivity contribution < 1.29 is 0 Å². The van der Waals surface area contributed by atoms with Gasteiger partial charge in [-0.2, -0.15) is 0 Å². The number of hydrogen-bond acceptors (Lipinski definition) is 3. The minimum absolute atomic E-state index is 0.412. The molecule has 1 saturated heterocycles. The summed E-state index contributed by atoms with van der Waals surface area (Å²) in [7, 11) is 2.12. The Bertz CT molecular complexity index is 84.4. The molecule has 1 atom stereocenters. The molecular formula is C6H15N3. The predicted molar refractivity (Wildman–Crippen MR) is 38.1 cm³/mol. The second-order valence-electron chi connectivity index (χ2n) is 2.39. The molecule has 3 heteroatoms. The van der Waals surface area contributed by atoms with Crippen molar-refractivity contribution in [2.45, 2.75) is 13.2 Å². The fourth-order valence-electron chi connectivity index (χ4n) is 1.08. The van der Waals surface area contributed by atoms with Gasteiger partial charge < -0.3 is 0 Å². The minimum atomic E-state index is 0.412. The lowest BCUT2D eigenvalue weighted by Gasteiger charge is -2.18. The van der Waals surface area contributed by atoms with Crippen LogP contribution in [0.25, 0.3) is 0 Å². The first-order valence-corrected chi connectivity index (χ1v) is 3.51. The third-order valence-electron chi connectivity index (χ3n) is 1.64. The molecule has 0 amide bonds.